The molecule has 138 valence electrons. The second kappa shape index (κ2) is 6.80. The first kappa shape index (κ1) is 17.0. The number of hydrogen-bond donors (Lipinski definition) is 0. The summed E-state index contributed by atoms with van der Waals surface area (Å²) in [7, 11) is 2.11. The smallest absolute Gasteiger partial charge is 0.132 e. The van der Waals surface area contributed by atoms with Crippen LogP contribution in [-0.2, 0) is 6.54 Å². The first-order chi connectivity index (χ1) is 13.7. The molecular weight excluding hydrogens is 349 g/mol. The van der Waals surface area contributed by atoms with Gasteiger partial charge in [-0.3, -0.25) is 0 Å². The summed E-state index contributed by atoms with van der Waals surface area (Å²) in [5.74, 6) is -0.0987. The number of nitrogens with zero attached hydrogens (tertiary/aromatic N) is 3. The van der Waals surface area contributed by atoms with E-state index >= 15 is 4.39 Å². The molecule has 0 spiro atoms. The van der Waals surface area contributed by atoms with E-state index in [1.165, 1.54) is 16.3 Å². The fourth-order valence-corrected chi connectivity index (χ4v) is 4.21. The molecule has 0 bridgehead atoms. The molecule has 5 rings (SSSR count). The van der Waals surface area contributed by atoms with Gasteiger partial charge in [-0.05, 0) is 58.8 Å². The van der Waals surface area contributed by atoms with Crippen LogP contribution in [0.5, 0.6) is 0 Å². The van der Waals surface area contributed by atoms with Crippen LogP contribution >= 0.6 is 0 Å². The molecule has 3 aromatic carbocycles. The number of aromatic nitrogens is 2. The first-order valence-corrected chi connectivity index (χ1v) is 9.47. The molecule has 1 aromatic heterocycles. The quantitative estimate of drug-likeness (QED) is 0.497. The SMILES string of the molecule is CN1Cc2cc(-c3cccnn3)c(F)cc2C(c2ccc3ccccc3c2)C1. The van der Waals surface area contributed by atoms with E-state index in [-0.39, 0.29) is 11.7 Å². The standard InChI is InChI=1S/C24H20FN3/c1-28-14-19-12-21(24-7-4-10-26-27-24)23(25)13-20(19)22(15-28)18-9-8-16-5-2-3-6-17(16)11-18/h2-13,22H,14-15H2,1H3. The number of halogens is 1. The lowest BCUT2D eigenvalue weighted by molar-refractivity contribution is 0.294. The minimum atomic E-state index is -0.241. The molecule has 1 aliphatic rings. The fraction of sp³-hybridized carbons (Fsp3) is 0.167. The number of hydrogen-bond acceptors (Lipinski definition) is 3. The Hall–Kier alpha value is -3.11. The van der Waals surface area contributed by atoms with Crippen LogP contribution in [0.3, 0.4) is 0 Å². The van der Waals surface area contributed by atoms with Crippen molar-refractivity contribution in [3.8, 4) is 11.3 Å². The number of rotatable bonds is 2. The maximum absolute atomic E-state index is 15.0. The summed E-state index contributed by atoms with van der Waals surface area (Å²) in [6, 6.07) is 22.1. The van der Waals surface area contributed by atoms with Gasteiger partial charge >= 0.3 is 0 Å². The van der Waals surface area contributed by atoms with Gasteiger partial charge in [-0.2, -0.15) is 10.2 Å². The molecule has 0 saturated carbocycles. The third-order valence-electron chi connectivity index (χ3n) is 5.56. The predicted octanol–water partition coefficient (Wildman–Crippen LogP) is 5.01. The summed E-state index contributed by atoms with van der Waals surface area (Å²) in [6.45, 7) is 1.67. The number of likely N-dealkylation sites (N-methyl/N-ethyl adjacent to an activating group) is 1. The third kappa shape index (κ3) is 2.96. The molecule has 0 fully saturated rings. The lowest BCUT2D eigenvalue weighted by atomic mass is 9.83. The minimum Gasteiger partial charge on any atom is -0.301 e. The minimum absolute atomic E-state index is 0.142. The molecule has 0 amide bonds. The van der Waals surface area contributed by atoms with Gasteiger partial charge in [-0.15, -0.1) is 0 Å². The van der Waals surface area contributed by atoms with E-state index in [9.17, 15) is 0 Å². The van der Waals surface area contributed by atoms with Crippen molar-refractivity contribution < 1.29 is 4.39 Å². The Morgan fingerprint density at radius 2 is 1.82 bits per heavy atom. The van der Waals surface area contributed by atoms with Crippen LogP contribution in [0, 0.1) is 5.82 Å². The molecule has 0 radical (unpaired) electrons. The lowest BCUT2D eigenvalue weighted by Gasteiger charge is -2.33. The fourth-order valence-electron chi connectivity index (χ4n) is 4.21. The Morgan fingerprint density at radius 3 is 2.64 bits per heavy atom. The third-order valence-corrected chi connectivity index (χ3v) is 5.56. The first-order valence-electron chi connectivity index (χ1n) is 9.47. The maximum atomic E-state index is 15.0. The Balaban J connectivity index is 1.63. The Morgan fingerprint density at radius 1 is 0.964 bits per heavy atom. The molecular formula is C24H20FN3. The van der Waals surface area contributed by atoms with E-state index in [0.717, 1.165) is 24.2 Å². The van der Waals surface area contributed by atoms with E-state index in [2.05, 4.69) is 64.6 Å². The molecule has 0 saturated heterocycles. The summed E-state index contributed by atoms with van der Waals surface area (Å²) in [4.78, 5) is 2.29. The second-order valence-corrected chi connectivity index (χ2v) is 7.50. The summed E-state index contributed by atoms with van der Waals surface area (Å²) in [5.41, 5.74) is 4.52. The highest BCUT2D eigenvalue weighted by atomic mass is 19.1. The van der Waals surface area contributed by atoms with Crippen molar-refractivity contribution in [2.75, 3.05) is 13.6 Å². The molecule has 4 aromatic rings. The zero-order valence-corrected chi connectivity index (χ0v) is 15.6. The Labute approximate surface area is 163 Å². The van der Waals surface area contributed by atoms with Gasteiger partial charge in [0.2, 0.25) is 0 Å². The van der Waals surface area contributed by atoms with Crippen molar-refractivity contribution in [3.05, 3.63) is 95.4 Å². The predicted molar refractivity (Wildman–Crippen MR) is 110 cm³/mol. The van der Waals surface area contributed by atoms with Gasteiger partial charge in [0.25, 0.3) is 0 Å². The molecule has 1 atom stereocenters. The highest BCUT2D eigenvalue weighted by molar-refractivity contribution is 5.83. The summed E-state index contributed by atoms with van der Waals surface area (Å²) >= 11 is 0. The zero-order valence-electron chi connectivity index (χ0n) is 15.6. The average Bonchev–Trinajstić information content (AvgIpc) is 2.73. The molecule has 1 unspecified atom stereocenters. The van der Waals surface area contributed by atoms with E-state index < -0.39 is 0 Å². The van der Waals surface area contributed by atoms with E-state index in [0.29, 0.717) is 11.3 Å². The van der Waals surface area contributed by atoms with Gasteiger partial charge in [-0.1, -0.05) is 42.5 Å². The van der Waals surface area contributed by atoms with Crippen molar-refractivity contribution in [2.45, 2.75) is 12.5 Å². The van der Waals surface area contributed by atoms with Crippen molar-refractivity contribution in [3.63, 3.8) is 0 Å². The molecule has 3 nitrogen and oxygen atoms in total. The lowest BCUT2D eigenvalue weighted by Crippen LogP contribution is -2.31. The van der Waals surface area contributed by atoms with Gasteiger partial charge in [0, 0.05) is 30.8 Å². The molecule has 4 heteroatoms. The monoisotopic (exact) mass is 369 g/mol. The highest BCUT2D eigenvalue weighted by Gasteiger charge is 2.27. The maximum Gasteiger partial charge on any atom is 0.132 e. The van der Waals surface area contributed by atoms with Crippen molar-refractivity contribution in [1.29, 1.82) is 0 Å². The van der Waals surface area contributed by atoms with Gasteiger partial charge in [0.05, 0.1) is 5.69 Å². The normalized spacial score (nSPS) is 16.9. The zero-order chi connectivity index (χ0) is 19.1. The van der Waals surface area contributed by atoms with Crippen molar-refractivity contribution >= 4 is 10.8 Å². The van der Waals surface area contributed by atoms with Crippen molar-refractivity contribution in [1.82, 2.24) is 15.1 Å². The van der Waals surface area contributed by atoms with Crippen molar-refractivity contribution in [2.24, 2.45) is 0 Å². The largest absolute Gasteiger partial charge is 0.301 e. The Kier molecular flexibility index (Phi) is 4.14. The van der Waals surface area contributed by atoms with Crippen LogP contribution in [0.2, 0.25) is 0 Å². The van der Waals surface area contributed by atoms with Crippen LogP contribution in [0.25, 0.3) is 22.0 Å². The van der Waals surface area contributed by atoms with Gasteiger partial charge in [0.15, 0.2) is 0 Å². The van der Waals surface area contributed by atoms with E-state index in [1.54, 1.807) is 24.4 Å². The topological polar surface area (TPSA) is 29.0 Å². The van der Waals surface area contributed by atoms with Gasteiger partial charge in [-0.25, -0.2) is 4.39 Å². The number of fused-ring (bicyclic) bond motifs is 2. The highest BCUT2D eigenvalue weighted by Crippen LogP contribution is 2.37. The van der Waals surface area contributed by atoms with Gasteiger partial charge in [0.1, 0.15) is 5.82 Å². The number of benzene rings is 3. The Bertz CT molecular complexity index is 1160. The van der Waals surface area contributed by atoms with Crippen LogP contribution < -0.4 is 0 Å². The molecule has 28 heavy (non-hydrogen) atoms. The summed E-state index contributed by atoms with van der Waals surface area (Å²) in [5, 5.41) is 10.4. The summed E-state index contributed by atoms with van der Waals surface area (Å²) < 4.78 is 15.0. The van der Waals surface area contributed by atoms with Crippen LogP contribution in [0.15, 0.2) is 72.9 Å². The van der Waals surface area contributed by atoms with Gasteiger partial charge < -0.3 is 4.90 Å². The van der Waals surface area contributed by atoms with E-state index in [4.69, 9.17) is 0 Å². The average molecular weight is 369 g/mol. The molecule has 2 heterocycles. The molecule has 1 aliphatic heterocycles. The summed E-state index contributed by atoms with van der Waals surface area (Å²) in [6.07, 6.45) is 1.60. The second-order valence-electron chi connectivity index (χ2n) is 7.50. The van der Waals surface area contributed by atoms with Crippen LogP contribution in [0.1, 0.15) is 22.6 Å². The van der Waals surface area contributed by atoms with Crippen LogP contribution in [0.4, 0.5) is 4.39 Å². The molecule has 0 N–H and O–H groups in total. The van der Waals surface area contributed by atoms with Crippen LogP contribution in [-0.4, -0.2) is 28.7 Å². The molecule has 0 aliphatic carbocycles. The van der Waals surface area contributed by atoms with E-state index in [1.807, 2.05) is 6.07 Å².